The number of unbranched alkanes of at least 4 members (excludes halogenated alkanes) is 23. The predicted molar refractivity (Wildman–Crippen MR) is 278 cm³/mol. The highest BCUT2D eigenvalue weighted by molar-refractivity contribution is 5.95. The van der Waals surface area contributed by atoms with Crippen LogP contribution in [0.15, 0.2) is 53.6 Å². The SMILES string of the molecule is CCCCCCCC/C=C\CCCCCCCC(=O)NCC(NC(=O)CCCCCCC/C=C\CCCCCCCC)C(=O)NCCN=Cc1ccc(C(=O)NCCCCC(N)C(=O)O)cc1. The van der Waals surface area contributed by atoms with Gasteiger partial charge in [0.25, 0.3) is 5.91 Å². The summed E-state index contributed by atoms with van der Waals surface area (Å²) in [5, 5.41) is 20.3. The molecule has 0 heterocycles. The molecule has 12 heteroatoms. The largest absolute Gasteiger partial charge is 0.480 e. The van der Waals surface area contributed by atoms with Crippen LogP contribution in [0.5, 0.6) is 0 Å². The second-order valence-electron chi connectivity index (χ2n) is 18.2. The summed E-state index contributed by atoms with van der Waals surface area (Å²) in [6, 6.07) is 5.19. The van der Waals surface area contributed by atoms with Crippen molar-refractivity contribution in [1.82, 2.24) is 21.3 Å². The van der Waals surface area contributed by atoms with Gasteiger partial charge in [-0.2, -0.15) is 0 Å². The summed E-state index contributed by atoms with van der Waals surface area (Å²) in [5.41, 5.74) is 6.81. The van der Waals surface area contributed by atoms with Crippen molar-refractivity contribution in [2.75, 3.05) is 26.2 Å². The van der Waals surface area contributed by atoms with E-state index in [1.54, 1.807) is 30.5 Å². The number of allylic oxidation sites excluding steroid dienone is 4. The van der Waals surface area contributed by atoms with E-state index in [1.807, 2.05) is 0 Å². The number of nitrogens with two attached hydrogens (primary N) is 1. The van der Waals surface area contributed by atoms with Crippen LogP contribution in [-0.2, 0) is 19.2 Å². The third-order valence-electron chi connectivity index (χ3n) is 12.0. The monoisotopic (exact) mass is 935 g/mol. The Labute approximate surface area is 406 Å². The number of carboxylic acids is 1. The average Bonchev–Trinajstić information content (AvgIpc) is 3.32. The van der Waals surface area contributed by atoms with Gasteiger partial charge in [0.05, 0.1) is 6.54 Å². The van der Waals surface area contributed by atoms with Gasteiger partial charge in [0.1, 0.15) is 12.1 Å². The maximum Gasteiger partial charge on any atom is 0.320 e. The normalized spacial score (nSPS) is 12.5. The third kappa shape index (κ3) is 37.4. The molecule has 0 aliphatic carbocycles. The van der Waals surface area contributed by atoms with Gasteiger partial charge in [-0.05, 0) is 101 Å². The minimum Gasteiger partial charge on any atom is -0.480 e. The van der Waals surface area contributed by atoms with E-state index in [2.05, 4.69) is 64.4 Å². The van der Waals surface area contributed by atoms with Crippen molar-refractivity contribution >= 4 is 35.8 Å². The number of hydrogen-bond acceptors (Lipinski definition) is 7. The molecule has 0 bridgehead atoms. The standard InChI is InChI=1S/C55H94N6O6/c1-3-5-7-9-11-13-15-17-19-21-23-25-27-29-31-36-51(62)60-46-50(61-52(63)37-32-30-28-26-24-22-20-18-16-14-12-10-8-6-4-2)54(65)59-44-43-57-45-47-38-40-48(41-39-47)53(64)58-42-34-33-35-49(56)55(66)67/h17-20,38-41,45,49-50H,3-16,21-37,42-44,46,56H2,1-2H3,(H,58,64)(H,59,65)(H,60,62)(H,61,63)(H,66,67)/b19-17-,20-18-,57-45?. The summed E-state index contributed by atoms with van der Waals surface area (Å²) >= 11 is 0. The van der Waals surface area contributed by atoms with Gasteiger partial charge in [-0.25, -0.2) is 0 Å². The molecule has 67 heavy (non-hydrogen) atoms. The minimum absolute atomic E-state index is 0.0237. The van der Waals surface area contributed by atoms with Crippen LogP contribution in [0.2, 0.25) is 0 Å². The van der Waals surface area contributed by atoms with E-state index >= 15 is 0 Å². The minimum atomic E-state index is -1.03. The van der Waals surface area contributed by atoms with Crippen molar-refractivity contribution in [2.45, 2.75) is 225 Å². The highest BCUT2D eigenvalue weighted by Gasteiger charge is 2.21. The molecule has 0 aliphatic rings. The number of amides is 4. The van der Waals surface area contributed by atoms with E-state index in [0.29, 0.717) is 50.8 Å². The molecule has 7 N–H and O–H groups in total. The number of hydrogen-bond donors (Lipinski definition) is 6. The van der Waals surface area contributed by atoms with Crippen molar-refractivity contribution in [3.63, 3.8) is 0 Å². The molecular weight excluding hydrogens is 841 g/mol. The molecule has 0 fully saturated rings. The molecule has 0 saturated heterocycles. The van der Waals surface area contributed by atoms with Crippen LogP contribution in [0.25, 0.3) is 0 Å². The van der Waals surface area contributed by atoms with Crippen molar-refractivity contribution in [3.8, 4) is 0 Å². The van der Waals surface area contributed by atoms with E-state index in [1.165, 1.54) is 96.3 Å². The smallest absolute Gasteiger partial charge is 0.320 e. The number of carbonyl (C=O) groups excluding carboxylic acids is 4. The number of carboxylic acid groups (broad SMARTS) is 1. The van der Waals surface area contributed by atoms with Crippen molar-refractivity contribution < 1.29 is 29.1 Å². The van der Waals surface area contributed by atoms with E-state index in [0.717, 1.165) is 76.2 Å². The Hall–Kier alpha value is -4.32. The molecule has 1 rings (SSSR count). The Morgan fingerprint density at radius 1 is 0.567 bits per heavy atom. The van der Waals surface area contributed by atoms with Crippen LogP contribution in [0.1, 0.15) is 229 Å². The maximum absolute atomic E-state index is 13.3. The zero-order valence-electron chi connectivity index (χ0n) is 42.1. The molecule has 0 saturated carbocycles. The predicted octanol–water partition coefficient (Wildman–Crippen LogP) is 11.2. The maximum atomic E-state index is 13.3. The summed E-state index contributed by atoms with van der Waals surface area (Å²) in [5.74, 6) is -1.92. The fourth-order valence-electron chi connectivity index (χ4n) is 7.67. The Morgan fingerprint density at radius 3 is 1.55 bits per heavy atom. The van der Waals surface area contributed by atoms with Crippen LogP contribution in [-0.4, -0.2) is 79.2 Å². The van der Waals surface area contributed by atoms with E-state index in [9.17, 15) is 24.0 Å². The fraction of sp³-hybridized carbons (Fsp3) is 0.709. The van der Waals surface area contributed by atoms with Crippen LogP contribution in [0.4, 0.5) is 0 Å². The lowest BCUT2D eigenvalue weighted by Gasteiger charge is -2.19. The number of rotatable bonds is 45. The topological polar surface area (TPSA) is 192 Å². The van der Waals surface area contributed by atoms with Crippen LogP contribution in [0, 0.1) is 0 Å². The first kappa shape index (κ1) is 60.7. The van der Waals surface area contributed by atoms with Gasteiger partial charge in [-0.1, -0.05) is 153 Å². The van der Waals surface area contributed by atoms with Gasteiger partial charge in [0, 0.05) is 44.3 Å². The zero-order chi connectivity index (χ0) is 48.8. The number of aliphatic carboxylic acids is 1. The molecule has 12 nitrogen and oxygen atoms in total. The number of nitrogens with one attached hydrogen (secondary N) is 4. The molecular formula is C55H94N6O6. The Bertz CT molecular complexity index is 1510. The molecule has 0 aliphatic heterocycles. The van der Waals surface area contributed by atoms with Gasteiger partial charge < -0.3 is 32.1 Å². The average molecular weight is 935 g/mol. The first-order valence-electron chi connectivity index (χ1n) is 26.7. The van der Waals surface area contributed by atoms with Crippen LogP contribution < -0.4 is 27.0 Å². The van der Waals surface area contributed by atoms with E-state index in [4.69, 9.17) is 10.8 Å². The zero-order valence-corrected chi connectivity index (χ0v) is 42.1. The van der Waals surface area contributed by atoms with Crippen molar-refractivity contribution in [2.24, 2.45) is 10.7 Å². The lowest BCUT2D eigenvalue weighted by Crippen LogP contribution is -2.53. The lowest BCUT2D eigenvalue weighted by atomic mass is 10.1. The Balaban J connectivity index is 2.48. The van der Waals surface area contributed by atoms with Gasteiger partial charge in [0.15, 0.2) is 0 Å². The quantitative estimate of drug-likeness (QED) is 0.0213. The third-order valence-corrected chi connectivity index (χ3v) is 12.0. The lowest BCUT2D eigenvalue weighted by molar-refractivity contribution is -0.138. The van der Waals surface area contributed by atoms with Crippen LogP contribution >= 0.6 is 0 Å². The van der Waals surface area contributed by atoms with Gasteiger partial charge in [-0.3, -0.25) is 29.0 Å². The van der Waals surface area contributed by atoms with E-state index < -0.39 is 18.1 Å². The Morgan fingerprint density at radius 2 is 1.04 bits per heavy atom. The van der Waals surface area contributed by atoms with Gasteiger partial charge in [0.2, 0.25) is 17.7 Å². The summed E-state index contributed by atoms with van der Waals surface area (Å²) < 4.78 is 0. The molecule has 0 radical (unpaired) electrons. The molecule has 1 aromatic carbocycles. The van der Waals surface area contributed by atoms with Crippen LogP contribution in [0.3, 0.4) is 0 Å². The Kier molecular flexibility index (Phi) is 40.0. The fourth-order valence-corrected chi connectivity index (χ4v) is 7.67. The molecule has 380 valence electrons. The molecule has 0 aromatic heterocycles. The van der Waals surface area contributed by atoms with Crippen molar-refractivity contribution in [3.05, 3.63) is 59.7 Å². The van der Waals surface area contributed by atoms with Gasteiger partial charge in [-0.15, -0.1) is 0 Å². The number of carbonyl (C=O) groups is 5. The molecule has 1 aromatic rings. The summed E-state index contributed by atoms with van der Waals surface area (Å²) in [4.78, 5) is 66.8. The summed E-state index contributed by atoms with van der Waals surface area (Å²) in [6.07, 6.45) is 44.1. The second-order valence-corrected chi connectivity index (χ2v) is 18.2. The molecule has 2 unspecified atom stereocenters. The second kappa shape index (κ2) is 44.2. The molecule has 4 amide bonds. The number of aliphatic imine (C=N–C) groups is 1. The molecule has 0 spiro atoms. The van der Waals surface area contributed by atoms with Crippen molar-refractivity contribution in [1.29, 1.82) is 0 Å². The highest BCUT2D eigenvalue weighted by atomic mass is 16.4. The van der Waals surface area contributed by atoms with Gasteiger partial charge >= 0.3 is 5.97 Å². The number of benzene rings is 1. The summed E-state index contributed by atoms with van der Waals surface area (Å²) in [7, 11) is 0. The highest BCUT2D eigenvalue weighted by Crippen LogP contribution is 2.12. The number of nitrogens with zero attached hydrogens (tertiary/aromatic N) is 1. The first-order chi connectivity index (χ1) is 32.7. The molecule has 2 atom stereocenters. The van der Waals surface area contributed by atoms with E-state index in [-0.39, 0.29) is 36.7 Å². The first-order valence-corrected chi connectivity index (χ1v) is 26.7. The summed E-state index contributed by atoms with van der Waals surface area (Å²) in [6.45, 7) is 5.50.